The molecule has 0 unspecified atom stereocenters. The predicted octanol–water partition coefficient (Wildman–Crippen LogP) is 3.64. The van der Waals surface area contributed by atoms with Crippen molar-refractivity contribution >= 4 is 16.5 Å². The lowest BCUT2D eigenvalue weighted by Crippen LogP contribution is -1.96. The number of nitrogens with two attached hydrogens (primary N) is 1. The number of hydrogen-bond acceptors (Lipinski definition) is 2. The van der Waals surface area contributed by atoms with E-state index in [4.69, 9.17) is 10.5 Å². The molecule has 2 aromatic rings. The van der Waals surface area contributed by atoms with Gasteiger partial charge < -0.3 is 10.5 Å². The molecule has 0 bridgehead atoms. The summed E-state index contributed by atoms with van der Waals surface area (Å²) < 4.78 is 5.24. The largest absolute Gasteiger partial charge is 0.497 e. The van der Waals surface area contributed by atoms with E-state index >= 15 is 0 Å². The van der Waals surface area contributed by atoms with Crippen LogP contribution in [0.1, 0.15) is 11.1 Å². The van der Waals surface area contributed by atoms with Crippen molar-refractivity contribution in [2.45, 2.75) is 6.92 Å². The maximum absolute atomic E-state index is 5.99. The zero-order chi connectivity index (χ0) is 13.1. The zero-order valence-corrected chi connectivity index (χ0v) is 10.7. The first-order valence-corrected chi connectivity index (χ1v) is 5.82. The highest BCUT2D eigenvalue weighted by Gasteiger charge is 2.04. The summed E-state index contributed by atoms with van der Waals surface area (Å²) in [5, 5.41) is 2.34. The Hall–Kier alpha value is -2.22. The highest BCUT2D eigenvalue weighted by molar-refractivity contribution is 5.90. The van der Waals surface area contributed by atoms with Crippen LogP contribution in [-0.2, 0) is 0 Å². The van der Waals surface area contributed by atoms with E-state index in [0.29, 0.717) is 0 Å². The van der Waals surface area contributed by atoms with E-state index in [0.717, 1.165) is 22.4 Å². The molecule has 0 radical (unpaired) electrons. The van der Waals surface area contributed by atoms with Crippen LogP contribution in [0.2, 0.25) is 0 Å². The number of fused-ring (bicyclic) bond motifs is 1. The number of allylic oxidation sites excluding steroid dienone is 2. The van der Waals surface area contributed by atoms with Crippen molar-refractivity contribution in [2.75, 3.05) is 7.11 Å². The van der Waals surface area contributed by atoms with Gasteiger partial charge in [0.15, 0.2) is 0 Å². The molecule has 0 atom stereocenters. The predicted molar refractivity (Wildman–Crippen MR) is 77.6 cm³/mol. The van der Waals surface area contributed by atoms with E-state index in [1.807, 2.05) is 24.3 Å². The molecule has 0 amide bonds. The lowest BCUT2D eigenvalue weighted by atomic mass is 10.00. The van der Waals surface area contributed by atoms with Crippen LogP contribution >= 0.6 is 0 Å². The van der Waals surface area contributed by atoms with Gasteiger partial charge >= 0.3 is 0 Å². The number of methoxy groups -OCH3 is 1. The molecule has 0 aliphatic heterocycles. The fourth-order valence-corrected chi connectivity index (χ4v) is 2.04. The Labute approximate surface area is 107 Å². The maximum Gasteiger partial charge on any atom is 0.119 e. The van der Waals surface area contributed by atoms with Crippen molar-refractivity contribution in [1.29, 1.82) is 0 Å². The zero-order valence-electron chi connectivity index (χ0n) is 10.7. The van der Waals surface area contributed by atoms with Crippen LogP contribution in [0, 0.1) is 6.92 Å². The lowest BCUT2D eigenvalue weighted by molar-refractivity contribution is 0.415. The quantitative estimate of drug-likeness (QED) is 0.830. The number of hydrogen-bond donors (Lipinski definition) is 1. The van der Waals surface area contributed by atoms with Crippen LogP contribution in [0.3, 0.4) is 0 Å². The van der Waals surface area contributed by atoms with Crippen LogP contribution in [-0.4, -0.2) is 7.11 Å². The highest BCUT2D eigenvalue weighted by atomic mass is 16.5. The van der Waals surface area contributed by atoms with Gasteiger partial charge in [-0.2, -0.15) is 0 Å². The van der Waals surface area contributed by atoms with Crippen LogP contribution in [0.15, 0.2) is 49.1 Å². The third kappa shape index (κ3) is 2.23. The van der Waals surface area contributed by atoms with E-state index in [2.05, 4.69) is 25.6 Å². The van der Waals surface area contributed by atoms with E-state index < -0.39 is 0 Å². The summed E-state index contributed by atoms with van der Waals surface area (Å²) in [6.45, 7) is 5.74. The molecule has 0 aromatic heterocycles. The molecule has 2 N–H and O–H groups in total. The molecule has 2 aromatic carbocycles. The van der Waals surface area contributed by atoms with Crippen LogP contribution < -0.4 is 10.5 Å². The number of benzene rings is 2. The second-order valence-corrected chi connectivity index (χ2v) is 4.24. The molecular formula is C16H17NO. The molecule has 0 saturated heterocycles. The topological polar surface area (TPSA) is 35.2 Å². The first-order valence-electron chi connectivity index (χ1n) is 5.82. The van der Waals surface area contributed by atoms with Gasteiger partial charge in [-0.1, -0.05) is 18.7 Å². The summed E-state index contributed by atoms with van der Waals surface area (Å²) in [5.41, 5.74) is 8.92. The molecule has 0 aliphatic rings. The van der Waals surface area contributed by atoms with Crippen molar-refractivity contribution < 1.29 is 4.74 Å². The Morgan fingerprint density at radius 1 is 1.28 bits per heavy atom. The Kier molecular flexibility index (Phi) is 3.38. The van der Waals surface area contributed by atoms with E-state index in [9.17, 15) is 0 Å². The molecule has 2 rings (SSSR count). The van der Waals surface area contributed by atoms with Gasteiger partial charge in [-0.05, 0) is 59.2 Å². The van der Waals surface area contributed by atoms with Crippen molar-refractivity contribution in [3.05, 3.63) is 60.2 Å². The van der Waals surface area contributed by atoms with Gasteiger partial charge in [-0.3, -0.25) is 0 Å². The van der Waals surface area contributed by atoms with Gasteiger partial charge in [-0.25, -0.2) is 0 Å². The molecule has 0 fully saturated rings. The first-order chi connectivity index (χ1) is 8.65. The summed E-state index contributed by atoms with van der Waals surface area (Å²) in [4.78, 5) is 0. The SMILES string of the molecule is C=C/C=C(\N)c1cc(C)c2cc(OC)ccc2c1. The second kappa shape index (κ2) is 4.96. The third-order valence-electron chi connectivity index (χ3n) is 3.00. The van der Waals surface area contributed by atoms with Gasteiger partial charge in [-0.15, -0.1) is 0 Å². The molecule has 0 saturated carbocycles. The average Bonchev–Trinajstić information content (AvgIpc) is 2.38. The Balaban J connectivity index is 2.63. The molecule has 2 heteroatoms. The fourth-order valence-electron chi connectivity index (χ4n) is 2.04. The minimum absolute atomic E-state index is 0.728. The van der Waals surface area contributed by atoms with Crippen LogP contribution in [0.5, 0.6) is 5.75 Å². The Bertz CT molecular complexity index is 626. The summed E-state index contributed by atoms with van der Waals surface area (Å²) in [6, 6.07) is 10.2. The smallest absolute Gasteiger partial charge is 0.119 e. The van der Waals surface area contributed by atoms with Gasteiger partial charge in [0.2, 0.25) is 0 Å². The fraction of sp³-hybridized carbons (Fsp3) is 0.125. The van der Waals surface area contributed by atoms with Gasteiger partial charge in [0.1, 0.15) is 5.75 Å². The molecule has 0 spiro atoms. The number of ether oxygens (including phenoxy) is 1. The molecule has 18 heavy (non-hydrogen) atoms. The molecular weight excluding hydrogens is 222 g/mol. The monoisotopic (exact) mass is 239 g/mol. The minimum Gasteiger partial charge on any atom is -0.497 e. The molecule has 92 valence electrons. The number of aryl methyl sites for hydroxylation is 1. The normalized spacial score (nSPS) is 11.6. The number of rotatable bonds is 3. The first kappa shape index (κ1) is 12.2. The highest BCUT2D eigenvalue weighted by Crippen LogP contribution is 2.26. The lowest BCUT2D eigenvalue weighted by Gasteiger charge is -2.09. The summed E-state index contributed by atoms with van der Waals surface area (Å²) in [5.74, 6) is 0.868. The van der Waals surface area contributed by atoms with E-state index in [1.165, 1.54) is 10.9 Å². The van der Waals surface area contributed by atoms with Crippen molar-refractivity contribution in [1.82, 2.24) is 0 Å². The van der Waals surface area contributed by atoms with Gasteiger partial charge in [0, 0.05) is 5.70 Å². The summed E-state index contributed by atoms with van der Waals surface area (Å²) in [6.07, 6.45) is 3.51. The second-order valence-electron chi connectivity index (χ2n) is 4.24. The molecule has 0 heterocycles. The van der Waals surface area contributed by atoms with Crippen molar-refractivity contribution in [2.24, 2.45) is 5.73 Å². The van der Waals surface area contributed by atoms with Crippen molar-refractivity contribution in [3.63, 3.8) is 0 Å². The average molecular weight is 239 g/mol. The standard InChI is InChI=1S/C16H17NO/c1-4-5-16(17)13-8-11(2)15-10-14(18-3)7-6-12(15)9-13/h4-10H,1,17H2,2-3H3/b16-5-. The minimum atomic E-state index is 0.728. The van der Waals surface area contributed by atoms with Gasteiger partial charge in [0.25, 0.3) is 0 Å². The van der Waals surface area contributed by atoms with Crippen LogP contribution in [0.25, 0.3) is 16.5 Å². The van der Waals surface area contributed by atoms with Gasteiger partial charge in [0.05, 0.1) is 7.11 Å². The molecule has 2 nitrogen and oxygen atoms in total. The Morgan fingerprint density at radius 2 is 2.06 bits per heavy atom. The maximum atomic E-state index is 5.99. The van der Waals surface area contributed by atoms with Crippen molar-refractivity contribution in [3.8, 4) is 5.75 Å². The third-order valence-corrected chi connectivity index (χ3v) is 3.00. The van der Waals surface area contributed by atoms with E-state index in [-0.39, 0.29) is 0 Å². The van der Waals surface area contributed by atoms with E-state index in [1.54, 1.807) is 13.2 Å². The Morgan fingerprint density at radius 3 is 2.72 bits per heavy atom. The molecule has 0 aliphatic carbocycles. The summed E-state index contributed by atoms with van der Waals surface area (Å²) >= 11 is 0. The summed E-state index contributed by atoms with van der Waals surface area (Å²) in [7, 11) is 1.68. The van der Waals surface area contributed by atoms with Crippen LogP contribution in [0.4, 0.5) is 0 Å².